The molecule has 90 valence electrons. The SMILES string of the molecule is CC(C)(C)OC(=O)N1CC2NC(=O)OC2C1. The van der Waals surface area contributed by atoms with E-state index < -0.39 is 11.7 Å². The van der Waals surface area contributed by atoms with Gasteiger partial charge in [-0.25, -0.2) is 9.59 Å². The van der Waals surface area contributed by atoms with Crippen molar-refractivity contribution in [3.63, 3.8) is 0 Å². The molecule has 6 heteroatoms. The molecular weight excluding hydrogens is 212 g/mol. The van der Waals surface area contributed by atoms with Crippen LogP contribution in [-0.2, 0) is 9.47 Å². The number of likely N-dealkylation sites (tertiary alicyclic amines) is 1. The van der Waals surface area contributed by atoms with Gasteiger partial charge < -0.3 is 19.7 Å². The Morgan fingerprint density at radius 1 is 1.50 bits per heavy atom. The highest BCUT2D eigenvalue weighted by atomic mass is 16.6. The van der Waals surface area contributed by atoms with Crippen molar-refractivity contribution in [1.29, 1.82) is 0 Å². The van der Waals surface area contributed by atoms with E-state index in [9.17, 15) is 9.59 Å². The van der Waals surface area contributed by atoms with Crippen molar-refractivity contribution < 1.29 is 19.1 Å². The van der Waals surface area contributed by atoms with Gasteiger partial charge in [0.15, 0.2) is 0 Å². The van der Waals surface area contributed by atoms with Crippen molar-refractivity contribution in [3.8, 4) is 0 Å². The molecule has 0 aromatic carbocycles. The fourth-order valence-electron chi connectivity index (χ4n) is 1.83. The van der Waals surface area contributed by atoms with E-state index >= 15 is 0 Å². The van der Waals surface area contributed by atoms with Crippen LogP contribution in [0.3, 0.4) is 0 Å². The molecule has 0 radical (unpaired) electrons. The normalized spacial score (nSPS) is 28.4. The number of nitrogens with one attached hydrogen (secondary N) is 1. The Balaban J connectivity index is 1.90. The van der Waals surface area contributed by atoms with Crippen LogP contribution in [0.2, 0.25) is 0 Å². The molecule has 0 aliphatic carbocycles. The fraction of sp³-hybridized carbons (Fsp3) is 0.800. The van der Waals surface area contributed by atoms with E-state index in [1.165, 1.54) is 0 Å². The van der Waals surface area contributed by atoms with E-state index in [1.54, 1.807) is 4.90 Å². The molecule has 2 atom stereocenters. The van der Waals surface area contributed by atoms with Crippen molar-refractivity contribution in [3.05, 3.63) is 0 Å². The smallest absolute Gasteiger partial charge is 0.410 e. The molecule has 2 amide bonds. The van der Waals surface area contributed by atoms with E-state index in [0.717, 1.165) is 0 Å². The number of carbonyl (C=O) groups is 2. The number of ether oxygens (including phenoxy) is 2. The first-order valence-corrected chi connectivity index (χ1v) is 5.30. The van der Waals surface area contributed by atoms with Crippen LogP contribution in [0.25, 0.3) is 0 Å². The molecule has 1 N–H and O–H groups in total. The van der Waals surface area contributed by atoms with Gasteiger partial charge in [-0.15, -0.1) is 0 Å². The van der Waals surface area contributed by atoms with Crippen LogP contribution in [0.1, 0.15) is 20.8 Å². The van der Waals surface area contributed by atoms with Gasteiger partial charge in [-0.2, -0.15) is 0 Å². The summed E-state index contributed by atoms with van der Waals surface area (Å²) in [4.78, 5) is 24.2. The first-order chi connectivity index (χ1) is 7.35. The van der Waals surface area contributed by atoms with E-state index in [1.807, 2.05) is 20.8 Å². The number of nitrogens with zero attached hydrogens (tertiary/aromatic N) is 1. The molecule has 2 unspecified atom stereocenters. The molecule has 16 heavy (non-hydrogen) atoms. The fourth-order valence-corrected chi connectivity index (χ4v) is 1.83. The number of hydrogen-bond acceptors (Lipinski definition) is 4. The Morgan fingerprint density at radius 2 is 2.19 bits per heavy atom. The first kappa shape index (κ1) is 11.0. The van der Waals surface area contributed by atoms with Gasteiger partial charge in [0.25, 0.3) is 0 Å². The molecule has 0 aromatic heterocycles. The third-order valence-electron chi connectivity index (χ3n) is 2.48. The maximum Gasteiger partial charge on any atom is 0.410 e. The number of alkyl carbamates (subject to hydrolysis) is 1. The summed E-state index contributed by atoms with van der Waals surface area (Å²) in [6.07, 6.45) is -1.00. The Hall–Kier alpha value is -1.46. The second kappa shape index (κ2) is 3.54. The van der Waals surface area contributed by atoms with Gasteiger partial charge in [0.05, 0.1) is 12.6 Å². The Morgan fingerprint density at radius 3 is 2.75 bits per heavy atom. The van der Waals surface area contributed by atoms with E-state index in [4.69, 9.17) is 9.47 Å². The molecular formula is C10H16N2O4. The summed E-state index contributed by atoms with van der Waals surface area (Å²) < 4.78 is 10.2. The second-order valence-corrected chi connectivity index (χ2v) is 5.08. The maximum atomic E-state index is 11.7. The zero-order valence-corrected chi connectivity index (χ0v) is 9.65. The Kier molecular flexibility index (Phi) is 2.44. The molecule has 2 fully saturated rings. The number of fused-ring (bicyclic) bond motifs is 1. The lowest BCUT2D eigenvalue weighted by molar-refractivity contribution is 0.0259. The standard InChI is InChI=1S/C10H16N2O4/c1-10(2,3)16-9(14)12-4-6-7(5-12)15-8(13)11-6/h6-7H,4-5H2,1-3H3,(H,11,13). The van der Waals surface area contributed by atoms with Crippen molar-refractivity contribution >= 4 is 12.2 Å². The molecule has 2 heterocycles. The summed E-state index contributed by atoms with van der Waals surface area (Å²) in [7, 11) is 0. The molecule has 2 aliphatic heterocycles. The number of carbonyl (C=O) groups excluding carboxylic acids is 2. The van der Waals surface area contributed by atoms with E-state index in [2.05, 4.69) is 5.32 Å². The van der Waals surface area contributed by atoms with Crippen molar-refractivity contribution in [2.45, 2.75) is 38.5 Å². The molecule has 0 bridgehead atoms. The van der Waals surface area contributed by atoms with E-state index in [-0.39, 0.29) is 18.2 Å². The van der Waals surface area contributed by atoms with Crippen LogP contribution in [0.15, 0.2) is 0 Å². The van der Waals surface area contributed by atoms with Gasteiger partial charge in [0.2, 0.25) is 0 Å². The van der Waals surface area contributed by atoms with Crippen LogP contribution in [0.4, 0.5) is 9.59 Å². The summed E-state index contributed by atoms with van der Waals surface area (Å²) in [6.45, 7) is 6.31. The molecule has 6 nitrogen and oxygen atoms in total. The van der Waals surface area contributed by atoms with Crippen LogP contribution < -0.4 is 5.32 Å². The zero-order valence-electron chi connectivity index (χ0n) is 9.65. The minimum Gasteiger partial charge on any atom is -0.444 e. The van der Waals surface area contributed by atoms with Crippen molar-refractivity contribution in [2.24, 2.45) is 0 Å². The second-order valence-electron chi connectivity index (χ2n) is 5.08. The number of amides is 2. The highest BCUT2D eigenvalue weighted by Gasteiger charge is 2.44. The summed E-state index contributed by atoms with van der Waals surface area (Å²) in [5.41, 5.74) is -0.501. The van der Waals surface area contributed by atoms with Gasteiger partial charge in [-0.3, -0.25) is 0 Å². The lowest BCUT2D eigenvalue weighted by Crippen LogP contribution is -2.38. The van der Waals surface area contributed by atoms with Crippen molar-refractivity contribution in [1.82, 2.24) is 10.2 Å². The quantitative estimate of drug-likeness (QED) is 0.663. The van der Waals surface area contributed by atoms with Gasteiger partial charge in [-0.05, 0) is 20.8 Å². The van der Waals surface area contributed by atoms with Crippen LogP contribution in [0.5, 0.6) is 0 Å². The molecule has 2 aliphatic rings. The van der Waals surface area contributed by atoms with Crippen molar-refractivity contribution in [2.75, 3.05) is 13.1 Å². The summed E-state index contributed by atoms with van der Waals surface area (Å²) >= 11 is 0. The van der Waals surface area contributed by atoms with Crippen LogP contribution in [0, 0.1) is 0 Å². The van der Waals surface area contributed by atoms with Gasteiger partial charge >= 0.3 is 12.2 Å². The highest BCUT2D eigenvalue weighted by Crippen LogP contribution is 2.21. The summed E-state index contributed by atoms with van der Waals surface area (Å²) in [5, 5.41) is 2.65. The molecule has 0 aromatic rings. The average Bonchev–Trinajstić information content (AvgIpc) is 2.56. The maximum absolute atomic E-state index is 11.7. The topological polar surface area (TPSA) is 67.9 Å². The predicted octanol–water partition coefficient (Wildman–Crippen LogP) is 0.714. The lowest BCUT2D eigenvalue weighted by atomic mass is 10.2. The highest BCUT2D eigenvalue weighted by molar-refractivity contribution is 5.73. The van der Waals surface area contributed by atoms with Gasteiger partial charge in [0, 0.05) is 6.54 Å². The largest absolute Gasteiger partial charge is 0.444 e. The monoisotopic (exact) mass is 228 g/mol. The van der Waals surface area contributed by atoms with E-state index in [0.29, 0.717) is 13.1 Å². The average molecular weight is 228 g/mol. The predicted molar refractivity (Wildman–Crippen MR) is 55.0 cm³/mol. The molecule has 2 saturated heterocycles. The minimum atomic E-state index is -0.501. The molecule has 2 rings (SSSR count). The zero-order chi connectivity index (χ0) is 11.9. The summed E-state index contributed by atoms with van der Waals surface area (Å²) in [5.74, 6) is 0. The van der Waals surface area contributed by atoms with Crippen LogP contribution >= 0.6 is 0 Å². The van der Waals surface area contributed by atoms with Crippen LogP contribution in [-0.4, -0.2) is 47.9 Å². The number of rotatable bonds is 0. The Bertz CT molecular complexity index is 307. The number of hydrogen-bond donors (Lipinski definition) is 1. The molecule has 0 saturated carbocycles. The summed E-state index contributed by atoms with van der Waals surface area (Å²) in [6, 6.07) is -0.0972. The van der Waals surface area contributed by atoms with Gasteiger partial charge in [0.1, 0.15) is 11.7 Å². The van der Waals surface area contributed by atoms with Gasteiger partial charge in [-0.1, -0.05) is 0 Å². The Labute approximate surface area is 93.9 Å². The first-order valence-electron chi connectivity index (χ1n) is 5.30. The third-order valence-corrected chi connectivity index (χ3v) is 2.48. The molecule has 0 spiro atoms. The third kappa shape index (κ3) is 2.20. The lowest BCUT2D eigenvalue weighted by Gasteiger charge is -2.24. The minimum absolute atomic E-state index is 0.0972.